The summed E-state index contributed by atoms with van der Waals surface area (Å²) < 4.78 is 1.89. The van der Waals surface area contributed by atoms with Crippen LogP contribution in [0.25, 0.3) is 21.5 Å². The van der Waals surface area contributed by atoms with Gasteiger partial charge in [-0.3, -0.25) is 0 Å². The summed E-state index contributed by atoms with van der Waals surface area (Å²) in [5.41, 5.74) is 8.24. The maximum absolute atomic E-state index is 5.37. The molecule has 0 heterocycles. The van der Waals surface area contributed by atoms with Gasteiger partial charge in [0.05, 0.1) is 0 Å². The summed E-state index contributed by atoms with van der Waals surface area (Å²) in [5, 5.41) is 5.64. The van der Waals surface area contributed by atoms with Crippen molar-refractivity contribution in [3.63, 3.8) is 0 Å². The fourth-order valence-electron chi connectivity index (χ4n) is 3.47. The van der Waals surface area contributed by atoms with Crippen molar-refractivity contribution in [2.45, 2.75) is 48.5 Å². The van der Waals surface area contributed by atoms with E-state index in [4.69, 9.17) is 17.0 Å². The monoisotopic (exact) mass is 502 g/mol. The van der Waals surface area contributed by atoms with Gasteiger partial charge in [-0.1, -0.05) is 51.0 Å². The summed E-state index contributed by atoms with van der Waals surface area (Å²) in [5.74, 6) is 0. The van der Waals surface area contributed by atoms with E-state index in [0.717, 1.165) is 0 Å². The molecule has 0 fully saturated rings. The summed E-state index contributed by atoms with van der Waals surface area (Å²) in [6.07, 6.45) is 0. The number of halogens is 2. The van der Waals surface area contributed by atoms with Gasteiger partial charge in [0.2, 0.25) is 0 Å². The van der Waals surface area contributed by atoms with Crippen molar-refractivity contribution in [2.75, 3.05) is 0 Å². The number of hydrogen-bond donors (Lipinski definition) is 0. The zero-order valence-corrected chi connectivity index (χ0v) is 22.4. The van der Waals surface area contributed by atoms with E-state index in [2.05, 4.69) is 90.1 Å². The molecule has 0 spiro atoms. The molecule has 0 aliphatic heterocycles. The van der Waals surface area contributed by atoms with Gasteiger partial charge in [0, 0.05) is 0 Å². The minimum atomic E-state index is -1.76. The second-order valence-corrected chi connectivity index (χ2v) is 16.5. The molecule has 29 heavy (non-hydrogen) atoms. The van der Waals surface area contributed by atoms with E-state index in [-0.39, 0.29) is 0 Å². The van der Waals surface area contributed by atoms with Crippen LogP contribution in [0.3, 0.4) is 0 Å². The first-order valence-electron chi connectivity index (χ1n) is 9.87. The molecule has 4 rings (SSSR count). The first-order chi connectivity index (χ1) is 13.6. The van der Waals surface area contributed by atoms with Gasteiger partial charge in [-0.25, -0.2) is 0 Å². The fourth-order valence-corrected chi connectivity index (χ4v) is 3.47. The summed E-state index contributed by atoms with van der Waals surface area (Å²) in [6.45, 7) is 14.9. The molecule has 4 aromatic rings. The van der Waals surface area contributed by atoms with Crippen LogP contribution < -0.4 is 0 Å². The predicted octanol–water partition coefficient (Wildman–Crippen LogP) is 8.70. The first-order valence-corrected chi connectivity index (χ1v) is 17.6. The smallest absolute Gasteiger partial charge is 0.0488 e. The Balaban J connectivity index is 0.000000170. The molecule has 0 nitrogen and oxygen atoms in total. The third-order valence-corrected chi connectivity index (χ3v) is 8.81. The molecule has 0 saturated carbocycles. The maximum Gasteiger partial charge on any atom is -0.0488 e. The topological polar surface area (TPSA) is 0 Å². The normalized spacial score (nSPS) is 10.2. The number of aryl methyl sites for hydroxylation is 6. The number of benzene rings is 2. The summed E-state index contributed by atoms with van der Waals surface area (Å²) >= 11 is -1.76. The van der Waals surface area contributed by atoms with Crippen LogP contribution in [0.1, 0.15) is 40.3 Å². The van der Waals surface area contributed by atoms with Crippen LogP contribution in [0.15, 0.2) is 48.5 Å². The van der Waals surface area contributed by atoms with Crippen LogP contribution in [0.5, 0.6) is 0 Å². The molecular formula is C26H30Cl2Zr-2. The van der Waals surface area contributed by atoms with Crippen molar-refractivity contribution in [1.29, 1.82) is 0 Å². The Morgan fingerprint density at radius 2 is 0.966 bits per heavy atom. The van der Waals surface area contributed by atoms with Gasteiger partial charge >= 0.3 is 46.5 Å². The van der Waals surface area contributed by atoms with E-state index in [9.17, 15) is 0 Å². The SMILES string of the molecule is C[CH]=[Zr]([Cl])[Cl].Cc1cc2c(C)ccc(C)c2[cH-]1.Cc1cc2c(C)ccc(C)c2[cH-]1. The molecule has 0 saturated heterocycles. The Bertz CT molecular complexity index is 977. The van der Waals surface area contributed by atoms with Gasteiger partial charge < -0.3 is 0 Å². The summed E-state index contributed by atoms with van der Waals surface area (Å²) in [4.78, 5) is 0. The Morgan fingerprint density at radius 1 is 0.655 bits per heavy atom. The minimum Gasteiger partial charge on any atom is -0.165 e. The van der Waals surface area contributed by atoms with E-state index in [1.54, 1.807) is 0 Å². The average Bonchev–Trinajstić information content (AvgIpc) is 3.27. The van der Waals surface area contributed by atoms with E-state index in [1.165, 1.54) is 54.9 Å². The standard InChI is InChI=1S/2C12H13.C2H4.2ClH.Zr/c2*1-8-6-11-9(2)4-5-10(3)12(11)7-8;1-2;;;/h2*4-7H,1-3H3;1H,2H3;2*1H;/q2*-1;;;;+2/p-2. The molecule has 0 unspecified atom stereocenters. The quantitative estimate of drug-likeness (QED) is 0.210. The molecular weight excluding hydrogens is 474 g/mol. The molecule has 0 radical (unpaired) electrons. The Morgan fingerprint density at radius 3 is 1.24 bits per heavy atom. The van der Waals surface area contributed by atoms with E-state index in [0.29, 0.717) is 0 Å². The number of hydrogen-bond acceptors (Lipinski definition) is 0. The Labute approximate surface area is 190 Å². The van der Waals surface area contributed by atoms with Crippen LogP contribution in [-0.2, 0) is 18.9 Å². The largest absolute Gasteiger partial charge is 0.165 e. The van der Waals surface area contributed by atoms with E-state index < -0.39 is 18.9 Å². The molecule has 4 aromatic carbocycles. The molecule has 154 valence electrons. The van der Waals surface area contributed by atoms with Crippen LogP contribution >= 0.6 is 17.0 Å². The zero-order chi connectivity index (χ0) is 21.7. The summed E-state index contributed by atoms with van der Waals surface area (Å²) in [7, 11) is 10.7. The first kappa shape index (κ1) is 24.3. The van der Waals surface area contributed by atoms with Crippen molar-refractivity contribution in [3.05, 3.63) is 81.9 Å². The van der Waals surface area contributed by atoms with Gasteiger partial charge in [-0.2, -0.15) is 12.1 Å². The maximum atomic E-state index is 5.37. The number of fused-ring (bicyclic) bond motifs is 2. The third kappa shape index (κ3) is 6.48. The zero-order valence-electron chi connectivity index (χ0n) is 18.5. The van der Waals surface area contributed by atoms with Crippen LogP contribution in [-0.4, -0.2) is 3.71 Å². The molecule has 0 amide bonds. The van der Waals surface area contributed by atoms with Crippen LogP contribution in [0.2, 0.25) is 0 Å². The van der Waals surface area contributed by atoms with Gasteiger partial charge in [-0.05, 0) is 13.8 Å². The third-order valence-electron chi connectivity index (χ3n) is 5.15. The fraction of sp³-hybridized carbons (Fsp3) is 0.269. The van der Waals surface area contributed by atoms with Crippen molar-refractivity contribution in [2.24, 2.45) is 0 Å². The second-order valence-electron chi connectivity index (χ2n) is 7.70. The van der Waals surface area contributed by atoms with Gasteiger partial charge in [0.15, 0.2) is 0 Å². The molecule has 0 aliphatic rings. The molecule has 3 heteroatoms. The van der Waals surface area contributed by atoms with Crippen molar-refractivity contribution in [3.8, 4) is 0 Å². The minimum absolute atomic E-state index is 1.36. The molecule has 0 aromatic heterocycles. The van der Waals surface area contributed by atoms with E-state index in [1.807, 2.05) is 10.6 Å². The number of rotatable bonds is 0. The van der Waals surface area contributed by atoms with Crippen LogP contribution in [0.4, 0.5) is 0 Å². The van der Waals surface area contributed by atoms with E-state index >= 15 is 0 Å². The van der Waals surface area contributed by atoms with Crippen molar-refractivity contribution < 1.29 is 18.9 Å². The van der Waals surface area contributed by atoms with Crippen LogP contribution in [0, 0.1) is 41.5 Å². The summed E-state index contributed by atoms with van der Waals surface area (Å²) in [6, 6.07) is 17.8. The van der Waals surface area contributed by atoms with Gasteiger partial charge in [0.1, 0.15) is 0 Å². The molecule has 0 atom stereocenters. The molecule has 0 aliphatic carbocycles. The van der Waals surface area contributed by atoms with Crippen molar-refractivity contribution >= 4 is 42.3 Å². The second kappa shape index (κ2) is 10.9. The predicted molar refractivity (Wildman–Crippen MR) is 131 cm³/mol. The molecule has 0 N–H and O–H groups in total. The van der Waals surface area contributed by atoms with Crippen molar-refractivity contribution in [1.82, 2.24) is 0 Å². The Hall–Kier alpha value is -1.01. The Kier molecular flexibility index (Phi) is 9.08. The van der Waals surface area contributed by atoms with Gasteiger partial charge in [-0.15, -0.1) is 68.1 Å². The average molecular weight is 505 g/mol. The molecule has 0 bridgehead atoms. The van der Waals surface area contributed by atoms with Gasteiger partial charge in [0.25, 0.3) is 0 Å².